The zero-order valence-corrected chi connectivity index (χ0v) is 17.6. The van der Waals surface area contributed by atoms with Crippen molar-refractivity contribution in [2.75, 3.05) is 22.6 Å². The van der Waals surface area contributed by atoms with Crippen molar-refractivity contribution < 1.29 is 18.0 Å². The van der Waals surface area contributed by atoms with Crippen molar-refractivity contribution in [1.29, 1.82) is 0 Å². The van der Waals surface area contributed by atoms with Crippen LogP contribution >= 0.6 is 0 Å². The van der Waals surface area contributed by atoms with Gasteiger partial charge in [-0.1, -0.05) is 6.07 Å². The van der Waals surface area contributed by atoms with Crippen molar-refractivity contribution in [3.8, 4) is 0 Å². The molecule has 0 bridgehead atoms. The molecule has 2 N–H and O–H groups in total. The van der Waals surface area contributed by atoms with E-state index in [-0.39, 0.29) is 11.9 Å². The third-order valence-electron chi connectivity index (χ3n) is 5.21. The number of hydrogen-bond acceptors (Lipinski definition) is 7. The first-order chi connectivity index (χ1) is 15.1. The summed E-state index contributed by atoms with van der Waals surface area (Å²) in [7, 11) is 1.80. The first kappa shape index (κ1) is 21.5. The summed E-state index contributed by atoms with van der Waals surface area (Å²) in [4.78, 5) is 30.5. The third kappa shape index (κ3) is 4.34. The summed E-state index contributed by atoms with van der Waals surface area (Å²) in [5.41, 5.74) is 1.65. The lowest BCUT2D eigenvalue weighted by molar-refractivity contribution is -0.141. The Morgan fingerprint density at radius 2 is 2.00 bits per heavy atom. The van der Waals surface area contributed by atoms with Crippen molar-refractivity contribution in [2.45, 2.75) is 39.2 Å². The molecule has 1 aliphatic heterocycles. The summed E-state index contributed by atoms with van der Waals surface area (Å²) in [6, 6.07) is 2.01. The largest absolute Gasteiger partial charge is 0.433 e. The molecule has 0 saturated carbocycles. The molecule has 3 aromatic heterocycles. The molecule has 0 radical (unpaired) electrons. The number of rotatable bonds is 5. The summed E-state index contributed by atoms with van der Waals surface area (Å²) in [6.07, 6.45) is 0.131. The van der Waals surface area contributed by atoms with Gasteiger partial charge in [0, 0.05) is 19.4 Å². The normalized spacial score (nSPS) is 16.0. The minimum absolute atomic E-state index is 0.110. The number of amides is 1. The number of fused-ring (bicyclic) bond motifs is 1. The van der Waals surface area contributed by atoms with Crippen LogP contribution in [0.4, 0.5) is 30.6 Å². The van der Waals surface area contributed by atoms with Gasteiger partial charge in [-0.15, -0.1) is 0 Å². The van der Waals surface area contributed by atoms with E-state index in [1.54, 1.807) is 42.9 Å². The van der Waals surface area contributed by atoms with E-state index < -0.39 is 11.9 Å². The number of alkyl halides is 3. The average Bonchev–Trinajstić information content (AvgIpc) is 3.18. The molecule has 168 valence electrons. The van der Waals surface area contributed by atoms with Crippen molar-refractivity contribution in [1.82, 2.24) is 24.5 Å². The van der Waals surface area contributed by atoms with Gasteiger partial charge in [0.2, 0.25) is 11.9 Å². The van der Waals surface area contributed by atoms with Crippen LogP contribution in [-0.2, 0) is 24.1 Å². The smallest absolute Gasteiger partial charge is 0.348 e. The van der Waals surface area contributed by atoms with Gasteiger partial charge < -0.3 is 20.1 Å². The number of hydrogen-bond donors (Lipinski definition) is 2. The molecule has 1 aliphatic rings. The number of carbonyl (C=O) groups excluding carboxylic acids is 1. The Balaban J connectivity index is 1.42. The van der Waals surface area contributed by atoms with E-state index in [1.165, 1.54) is 12.3 Å². The highest BCUT2D eigenvalue weighted by atomic mass is 19.4. The number of likely N-dealkylation sites (N-methyl/N-ethyl adjacent to an activating group) is 1. The highest BCUT2D eigenvalue weighted by Gasteiger charge is 2.32. The lowest BCUT2D eigenvalue weighted by atomic mass is 10.2. The maximum atomic E-state index is 12.6. The topological polar surface area (TPSA) is 101 Å². The van der Waals surface area contributed by atoms with Crippen LogP contribution in [0.25, 0.3) is 0 Å². The average molecular weight is 446 g/mol. The minimum atomic E-state index is -4.46. The molecule has 1 unspecified atom stereocenters. The fraction of sp³-hybridized carbons (Fsp3) is 0.350. The third-order valence-corrected chi connectivity index (χ3v) is 5.21. The van der Waals surface area contributed by atoms with Gasteiger partial charge >= 0.3 is 6.18 Å². The van der Waals surface area contributed by atoms with Crippen LogP contribution in [0.1, 0.15) is 29.6 Å². The van der Waals surface area contributed by atoms with E-state index in [2.05, 4.69) is 30.6 Å². The molecule has 9 nitrogen and oxygen atoms in total. The van der Waals surface area contributed by atoms with E-state index in [4.69, 9.17) is 0 Å². The van der Waals surface area contributed by atoms with Crippen LogP contribution in [0.2, 0.25) is 0 Å². The Bertz CT molecular complexity index is 1140. The highest BCUT2D eigenvalue weighted by molar-refractivity contribution is 6.03. The Morgan fingerprint density at radius 1 is 1.22 bits per heavy atom. The predicted molar refractivity (Wildman–Crippen MR) is 111 cm³/mol. The molecule has 1 amide bonds. The van der Waals surface area contributed by atoms with E-state index in [1.807, 2.05) is 0 Å². The molecule has 0 spiro atoms. The fourth-order valence-corrected chi connectivity index (χ4v) is 3.28. The summed E-state index contributed by atoms with van der Waals surface area (Å²) in [5.74, 6) is 0.923. The van der Waals surface area contributed by atoms with Crippen LogP contribution in [0.5, 0.6) is 0 Å². The quantitative estimate of drug-likeness (QED) is 0.622. The number of halogens is 3. The zero-order valence-electron chi connectivity index (χ0n) is 17.6. The molecular formula is C20H21F3N8O. The Kier molecular flexibility index (Phi) is 5.45. The van der Waals surface area contributed by atoms with Gasteiger partial charge in [0.15, 0.2) is 5.82 Å². The summed E-state index contributed by atoms with van der Waals surface area (Å²) < 4.78 is 39.7. The second-order valence-corrected chi connectivity index (χ2v) is 7.55. The van der Waals surface area contributed by atoms with Gasteiger partial charge in [-0.2, -0.15) is 18.2 Å². The Hall–Kier alpha value is -3.70. The highest BCUT2D eigenvalue weighted by Crippen LogP contribution is 2.32. The van der Waals surface area contributed by atoms with Gasteiger partial charge in [0.05, 0.1) is 30.8 Å². The lowest BCUT2D eigenvalue weighted by Crippen LogP contribution is -2.44. The number of imidazole rings is 1. The predicted octanol–water partition coefficient (Wildman–Crippen LogP) is 2.83. The number of nitrogens with zero attached hydrogens (tertiary/aromatic N) is 6. The molecule has 12 heteroatoms. The van der Waals surface area contributed by atoms with Crippen molar-refractivity contribution in [2.24, 2.45) is 0 Å². The molecule has 3 aromatic rings. The second-order valence-electron chi connectivity index (χ2n) is 7.55. The van der Waals surface area contributed by atoms with Crippen LogP contribution in [-0.4, -0.2) is 43.5 Å². The SMILES string of the molecule is Cc1nc(NCc2cn(Cc3ccc(C(F)(F)F)nc3)cn2)nc2c1NC(=O)C(C)N2C. The van der Waals surface area contributed by atoms with E-state index in [9.17, 15) is 18.0 Å². The molecule has 32 heavy (non-hydrogen) atoms. The second kappa shape index (κ2) is 8.09. The number of nitrogens with one attached hydrogen (secondary N) is 2. The monoisotopic (exact) mass is 446 g/mol. The van der Waals surface area contributed by atoms with Gasteiger partial charge in [-0.3, -0.25) is 9.78 Å². The number of aromatic nitrogens is 5. The number of carbonyl (C=O) groups is 1. The molecule has 0 fully saturated rings. The van der Waals surface area contributed by atoms with Crippen molar-refractivity contribution in [3.63, 3.8) is 0 Å². The van der Waals surface area contributed by atoms with Crippen LogP contribution < -0.4 is 15.5 Å². The van der Waals surface area contributed by atoms with E-state index in [0.29, 0.717) is 47.5 Å². The van der Waals surface area contributed by atoms with Gasteiger partial charge in [-0.05, 0) is 25.5 Å². The van der Waals surface area contributed by atoms with Gasteiger partial charge in [0.25, 0.3) is 0 Å². The van der Waals surface area contributed by atoms with Gasteiger partial charge in [-0.25, -0.2) is 9.97 Å². The number of anilines is 3. The zero-order chi connectivity index (χ0) is 23.0. The molecule has 0 aromatic carbocycles. The number of pyridine rings is 1. The van der Waals surface area contributed by atoms with Crippen LogP contribution in [0.3, 0.4) is 0 Å². The lowest BCUT2D eigenvalue weighted by Gasteiger charge is -2.32. The van der Waals surface area contributed by atoms with Crippen LogP contribution in [0.15, 0.2) is 30.9 Å². The summed E-state index contributed by atoms with van der Waals surface area (Å²) in [6.45, 7) is 4.28. The molecule has 4 heterocycles. The standard InChI is InChI=1S/C20H21F3N8O/c1-11-16-17(30(3)12(2)18(32)28-16)29-19(27-11)25-7-14-9-31(10-26-14)8-13-4-5-15(24-6-13)20(21,22)23/h4-6,9-10,12H,7-8H2,1-3H3,(H,28,32)(H,25,27,29). The van der Waals surface area contributed by atoms with Crippen molar-refractivity contribution >= 4 is 23.4 Å². The molecule has 1 atom stereocenters. The summed E-state index contributed by atoms with van der Waals surface area (Å²) >= 11 is 0. The minimum Gasteiger partial charge on any atom is -0.348 e. The molecule has 4 rings (SSSR count). The van der Waals surface area contributed by atoms with Crippen molar-refractivity contribution in [3.05, 3.63) is 53.5 Å². The maximum absolute atomic E-state index is 12.6. The fourth-order valence-electron chi connectivity index (χ4n) is 3.28. The molecular weight excluding hydrogens is 425 g/mol. The van der Waals surface area contributed by atoms with Gasteiger partial charge in [0.1, 0.15) is 17.4 Å². The number of aryl methyl sites for hydroxylation is 1. The Labute approximate surface area is 181 Å². The van der Waals surface area contributed by atoms with E-state index in [0.717, 1.165) is 6.07 Å². The Morgan fingerprint density at radius 3 is 2.69 bits per heavy atom. The van der Waals surface area contributed by atoms with Crippen LogP contribution in [0, 0.1) is 6.92 Å². The van der Waals surface area contributed by atoms with E-state index >= 15 is 0 Å². The summed E-state index contributed by atoms with van der Waals surface area (Å²) in [5, 5.41) is 5.96. The first-order valence-electron chi connectivity index (χ1n) is 9.81. The molecule has 0 saturated heterocycles. The first-order valence-corrected chi connectivity index (χ1v) is 9.81. The maximum Gasteiger partial charge on any atom is 0.433 e. The molecule has 0 aliphatic carbocycles.